The lowest BCUT2D eigenvalue weighted by atomic mass is 10.1. The van der Waals surface area contributed by atoms with E-state index < -0.39 is 0 Å². The third-order valence-electron chi connectivity index (χ3n) is 2.86. The van der Waals surface area contributed by atoms with Gasteiger partial charge < -0.3 is 9.84 Å². The number of aryl methyl sites for hydroxylation is 1. The van der Waals surface area contributed by atoms with Crippen molar-refractivity contribution >= 4 is 17.5 Å². The van der Waals surface area contributed by atoms with Crippen molar-refractivity contribution in [1.82, 2.24) is 20.4 Å². The fourth-order valence-corrected chi connectivity index (χ4v) is 1.99. The molecular formula is C14H17ClN4O2. The smallest absolute Gasteiger partial charge is 0.251 e. The van der Waals surface area contributed by atoms with Crippen LogP contribution in [0.5, 0.6) is 0 Å². The Kier molecular flexibility index (Phi) is 4.90. The first kappa shape index (κ1) is 15.4. The van der Waals surface area contributed by atoms with Crippen LogP contribution >= 0.6 is 11.6 Å². The zero-order valence-electron chi connectivity index (χ0n) is 12.2. The van der Waals surface area contributed by atoms with E-state index >= 15 is 0 Å². The maximum atomic E-state index is 12.1. The summed E-state index contributed by atoms with van der Waals surface area (Å²) in [5.41, 5.74) is 1.29. The number of aromatic nitrogens is 3. The number of nitrogens with zero attached hydrogens (tertiary/aromatic N) is 3. The summed E-state index contributed by atoms with van der Waals surface area (Å²) in [4.78, 5) is 20.4. The topological polar surface area (TPSA) is 80.9 Å². The molecule has 0 aromatic carbocycles. The number of nitrogens with one attached hydrogen (secondary N) is 1. The summed E-state index contributed by atoms with van der Waals surface area (Å²) >= 11 is 5.95. The monoisotopic (exact) mass is 308 g/mol. The van der Waals surface area contributed by atoms with Crippen LogP contribution in [-0.2, 0) is 6.42 Å². The van der Waals surface area contributed by atoms with Gasteiger partial charge in [-0.2, -0.15) is 4.98 Å². The van der Waals surface area contributed by atoms with Crippen LogP contribution in [0, 0.1) is 6.92 Å². The molecule has 2 aromatic rings. The summed E-state index contributed by atoms with van der Waals surface area (Å²) in [6.45, 7) is 6.16. The van der Waals surface area contributed by atoms with Crippen molar-refractivity contribution in [2.75, 3.05) is 6.54 Å². The molecule has 0 saturated heterocycles. The summed E-state index contributed by atoms with van der Waals surface area (Å²) < 4.78 is 4.98. The summed E-state index contributed by atoms with van der Waals surface area (Å²) in [6.07, 6.45) is 0.489. The molecular weight excluding hydrogens is 292 g/mol. The number of carbonyl (C=O) groups is 1. The normalized spacial score (nSPS) is 10.9. The Labute approximate surface area is 127 Å². The van der Waals surface area contributed by atoms with Crippen LogP contribution in [0.25, 0.3) is 0 Å². The first-order valence-electron chi connectivity index (χ1n) is 6.70. The lowest BCUT2D eigenvalue weighted by molar-refractivity contribution is 0.0953. The van der Waals surface area contributed by atoms with Gasteiger partial charge in [0.2, 0.25) is 5.89 Å². The Hall–Kier alpha value is -1.95. The highest BCUT2D eigenvalue weighted by atomic mass is 35.5. The van der Waals surface area contributed by atoms with Gasteiger partial charge in [-0.3, -0.25) is 4.79 Å². The standard InChI is InChI=1S/C14H17ClN4O2/c1-8(2)11-6-10(7-12(15)18-11)14(20)16-5-4-13-17-9(3)19-21-13/h6-8H,4-5H2,1-3H3,(H,16,20). The van der Waals surface area contributed by atoms with E-state index in [1.54, 1.807) is 19.1 Å². The van der Waals surface area contributed by atoms with Gasteiger partial charge in [0, 0.05) is 24.2 Å². The molecule has 0 spiro atoms. The molecule has 0 aliphatic carbocycles. The summed E-state index contributed by atoms with van der Waals surface area (Å²) in [5, 5.41) is 6.81. The predicted molar refractivity (Wildman–Crippen MR) is 78.4 cm³/mol. The largest absolute Gasteiger partial charge is 0.352 e. The number of halogens is 1. The van der Waals surface area contributed by atoms with E-state index in [0.29, 0.717) is 35.4 Å². The van der Waals surface area contributed by atoms with E-state index in [0.717, 1.165) is 5.69 Å². The molecule has 2 rings (SSSR count). The van der Waals surface area contributed by atoms with Gasteiger partial charge in [-0.15, -0.1) is 0 Å². The third-order valence-corrected chi connectivity index (χ3v) is 3.06. The summed E-state index contributed by atoms with van der Waals surface area (Å²) in [6, 6.07) is 3.31. The van der Waals surface area contributed by atoms with E-state index in [9.17, 15) is 4.79 Å². The Bertz CT molecular complexity index is 640. The average molecular weight is 309 g/mol. The minimum atomic E-state index is -0.197. The second kappa shape index (κ2) is 6.67. The van der Waals surface area contributed by atoms with Crippen molar-refractivity contribution in [2.24, 2.45) is 0 Å². The van der Waals surface area contributed by atoms with Gasteiger partial charge in [0.1, 0.15) is 5.15 Å². The Morgan fingerprint density at radius 2 is 2.14 bits per heavy atom. The van der Waals surface area contributed by atoms with Crippen LogP contribution in [0.3, 0.4) is 0 Å². The fourth-order valence-electron chi connectivity index (χ4n) is 1.77. The number of pyridine rings is 1. The van der Waals surface area contributed by atoms with Crippen molar-refractivity contribution < 1.29 is 9.32 Å². The van der Waals surface area contributed by atoms with Crippen LogP contribution in [0.4, 0.5) is 0 Å². The van der Waals surface area contributed by atoms with Crippen LogP contribution in [0.1, 0.15) is 47.5 Å². The molecule has 112 valence electrons. The zero-order valence-corrected chi connectivity index (χ0v) is 12.9. The zero-order chi connectivity index (χ0) is 15.4. The Morgan fingerprint density at radius 1 is 1.38 bits per heavy atom. The lowest BCUT2D eigenvalue weighted by Gasteiger charge is -2.08. The van der Waals surface area contributed by atoms with E-state index in [4.69, 9.17) is 16.1 Å². The lowest BCUT2D eigenvalue weighted by Crippen LogP contribution is -2.26. The molecule has 0 fully saturated rings. The fraction of sp³-hybridized carbons (Fsp3) is 0.429. The molecule has 0 aliphatic heterocycles. The molecule has 0 aliphatic rings. The first-order chi connectivity index (χ1) is 9.95. The maximum Gasteiger partial charge on any atom is 0.251 e. The van der Waals surface area contributed by atoms with Crippen LogP contribution in [-0.4, -0.2) is 27.6 Å². The van der Waals surface area contributed by atoms with Crippen LogP contribution in [0.2, 0.25) is 5.15 Å². The maximum absolute atomic E-state index is 12.1. The molecule has 0 radical (unpaired) electrons. The average Bonchev–Trinajstić information content (AvgIpc) is 2.83. The molecule has 0 unspecified atom stereocenters. The van der Waals surface area contributed by atoms with Gasteiger partial charge in [-0.25, -0.2) is 4.98 Å². The molecule has 21 heavy (non-hydrogen) atoms. The number of rotatable bonds is 5. The van der Waals surface area contributed by atoms with Crippen LogP contribution in [0.15, 0.2) is 16.7 Å². The van der Waals surface area contributed by atoms with Gasteiger partial charge in [0.25, 0.3) is 5.91 Å². The van der Waals surface area contributed by atoms with Crippen molar-refractivity contribution in [3.63, 3.8) is 0 Å². The van der Waals surface area contributed by atoms with Gasteiger partial charge in [-0.1, -0.05) is 30.6 Å². The van der Waals surface area contributed by atoms with Gasteiger partial charge in [0.15, 0.2) is 5.82 Å². The highest BCUT2D eigenvalue weighted by molar-refractivity contribution is 6.29. The Balaban J connectivity index is 1.96. The number of carbonyl (C=O) groups excluding carboxylic acids is 1. The number of amides is 1. The number of hydrogen-bond acceptors (Lipinski definition) is 5. The van der Waals surface area contributed by atoms with Crippen LogP contribution < -0.4 is 5.32 Å². The predicted octanol–water partition coefficient (Wildman–Crippen LogP) is 2.52. The molecule has 0 atom stereocenters. The minimum Gasteiger partial charge on any atom is -0.352 e. The van der Waals surface area contributed by atoms with E-state index in [1.807, 2.05) is 13.8 Å². The molecule has 1 amide bonds. The molecule has 2 heterocycles. The van der Waals surface area contributed by atoms with Crippen molar-refractivity contribution in [2.45, 2.75) is 33.1 Å². The first-order valence-corrected chi connectivity index (χ1v) is 7.08. The minimum absolute atomic E-state index is 0.197. The molecule has 7 heteroatoms. The van der Waals surface area contributed by atoms with Gasteiger partial charge >= 0.3 is 0 Å². The quantitative estimate of drug-likeness (QED) is 0.858. The molecule has 0 bridgehead atoms. The summed E-state index contributed by atoms with van der Waals surface area (Å²) in [5.74, 6) is 1.09. The molecule has 1 N–H and O–H groups in total. The van der Waals surface area contributed by atoms with Gasteiger partial charge in [-0.05, 0) is 25.0 Å². The number of hydrogen-bond donors (Lipinski definition) is 1. The highest BCUT2D eigenvalue weighted by Crippen LogP contribution is 2.17. The van der Waals surface area contributed by atoms with Crippen molar-refractivity contribution in [3.8, 4) is 0 Å². The second-order valence-electron chi connectivity index (χ2n) is 5.00. The van der Waals surface area contributed by atoms with E-state index in [-0.39, 0.29) is 11.8 Å². The second-order valence-corrected chi connectivity index (χ2v) is 5.39. The SMILES string of the molecule is Cc1noc(CCNC(=O)c2cc(Cl)nc(C(C)C)c2)n1. The third kappa shape index (κ3) is 4.26. The molecule has 0 saturated carbocycles. The van der Waals surface area contributed by atoms with Crippen molar-refractivity contribution in [3.05, 3.63) is 40.3 Å². The van der Waals surface area contributed by atoms with Gasteiger partial charge in [0.05, 0.1) is 0 Å². The molecule has 2 aromatic heterocycles. The summed E-state index contributed by atoms with van der Waals surface area (Å²) in [7, 11) is 0. The highest BCUT2D eigenvalue weighted by Gasteiger charge is 2.11. The van der Waals surface area contributed by atoms with Crippen molar-refractivity contribution in [1.29, 1.82) is 0 Å². The van der Waals surface area contributed by atoms with E-state index in [1.165, 1.54) is 0 Å². The molecule has 6 nitrogen and oxygen atoms in total. The van der Waals surface area contributed by atoms with E-state index in [2.05, 4.69) is 20.4 Å². The Morgan fingerprint density at radius 3 is 2.76 bits per heavy atom.